The van der Waals surface area contributed by atoms with E-state index in [1.165, 1.54) is 0 Å². The third kappa shape index (κ3) is 3.33. The van der Waals surface area contributed by atoms with Crippen molar-refractivity contribution in [1.82, 2.24) is 4.98 Å². The van der Waals surface area contributed by atoms with Crippen molar-refractivity contribution in [1.29, 1.82) is 0 Å². The van der Waals surface area contributed by atoms with Crippen molar-refractivity contribution in [3.8, 4) is 0 Å². The van der Waals surface area contributed by atoms with Crippen LogP contribution in [0.15, 0.2) is 71.1 Å². The maximum atomic E-state index is 12.8. The smallest absolute Gasteiger partial charge is 0.339 e. The minimum absolute atomic E-state index is 0.257. The molecule has 1 aliphatic rings. The molecular weight excluding hydrogens is 380 g/mol. The van der Waals surface area contributed by atoms with E-state index < -0.39 is 0 Å². The summed E-state index contributed by atoms with van der Waals surface area (Å²) in [4.78, 5) is 29.5. The molecule has 6 heteroatoms. The summed E-state index contributed by atoms with van der Waals surface area (Å²) in [6, 6.07) is 20.0. The Labute approximate surface area is 172 Å². The molecule has 1 N–H and O–H groups in total. The molecule has 1 atom stereocenters. The van der Waals surface area contributed by atoms with Crippen molar-refractivity contribution in [2.45, 2.75) is 19.4 Å². The van der Waals surface area contributed by atoms with Crippen molar-refractivity contribution in [2.24, 2.45) is 0 Å². The van der Waals surface area contributed by atoms with Crippen LogP contribution in [0.1, 0.15) is 43.8 Å². The minimum Gasteiger partial charge on any atom is -0.454 e. The van der Waals surface area contributed by atoms with E-state index in [9.17, 15) is 9.59 Å². The molecule has 0 saturated heterocycles. The maximum Gasteiger partial charge on any atom is 0.339 e. The Bertz CT molecular complexity index is 1280. The van der Waals surface area contributed by atoms with Gasteiger partial charge in [0, 0.05) is 24.6 Å². The van der Waals surface area contributed by atoms with Crippen LogP contribution in [0.25, 0.3) is 11.1 Å². The maximum absolute atomic E-state index is 12.8. The fourth-order valence-corrected chi connectivity index (χ4v) is 3.71. The van der Waals surface area contributed by atoms with Gasteiger partial charge in [0.05, 0.1) is 5.56 Å². The second-order valence-corrected chi connectivity index (χ2v) is 7.25. The lowest BCUT2D eigenvalue weighted by Crippen LogP contribution is -2.23. The summed E-state index contributed by atoms with van der Waals surface area (Å²) < 4.78 is 11.0. The van der Waals surface area contributed by atoms with Crippen molar-refractivity contribution >= 4 is 28.7 Å². The van der Waals surface area contributed by atoms with Crippen LogP contribution in [0, 0.1) is 6.92 Å². The normalized spacial score (nSPS) is 15.5. The highest BCUT2D eigenvalue weighted by atomic mass is 16.5. The number of carbonyl (C=O) groups is 2. The van der Waals surface area contributed by atoms with Gasteiger partial charge in [-0.2, -0.15) is 0 Å². The molecule has 4 aromatic rings. The largest absolute Gasteiger partial charge is 0.454 e. The predicted molar refractivity (Wildman–Crippen MR) is 111 cm³/mol. The molecule has 148 valence electrons. The lowest BCUT2D eigenvalue weighted by atomic mass is 9.93. The number of hydrogen-bond acceptors (Lipinski definition) is 5. The van der Waals surface area contributed by atoms with Crippen molar-refractivity contribution in [3.05, 3.63) is 94.9 Å². The summed E-state index contributed by atoms with van der Waals surface area (Å²) in [6.07, 6.45) is 0.165. The van der Waals surface area contributed by atoms with Crippen LogP contribution in [0.4, 0.5) is 5.69 Å². The highest BCUT2D eigenvalue weighted by Gasteiger charge is 2.28. The number of hydrogen-bond donors (Lipinski definition) is 1. The van der Waals surface area contributed by atoms with Gasteiger partial charge in [0.25, 0.3) is 5.91 Å². The highest BCUT2D eigenvalue weighted by Crippen LogP contribution is 2.31. The van der Waals surface area contributed by atoms with E-state index in [1.54, 1.807) is 43.3 Å². The van der Waals surface area contributed by atoms with Crippen LogP contribution < -0.4 is 5.32 Å². The van der Waals surface area contributed by atoms with E-state index in [4.69, 9.17) is 9.15 Å². The summed E-state index contributed by atoms with van der Waals surface area (Å²) >= 11 is 0. The first-order valence-electron chi connectivity index (χ1n) is 9.64. The van der Waals surface area contributed by atoms with Gasteiger partial charge in [-0.15, -0.1) is 0 Å². The molecule has 0 bridgehead atoms. The molecule has 1 aliphatic heterocycles. The monoisotopic (exact) mass is 398 g/mol. The van der Waals surface area contributed by atoms with E-state index in [0.29, 0.717) is 40.2 Å². The topological polar surface area (TPSA) is 81.4 Å². The number of nitrogens with one attached hydrogen (secondary N) is 1. The van der Waals surface area contributed by atoms with Gasteiger partial charge < -0.3 is 14.5 Å². The molecule has 0 aliphatic carbocycles. The van der Waals surface area contributed by atoms with Crippen LogP contribution in [-0.2, 0) is 11.2 Å². The Balaban J connectivity index is 1.40. The van der Waals surface area contributed by atoms with Crippen LogP contribution in [-0.4, -0.2) is 16.9 Å². The summed E-state index contributed by atoms with van der Waals surface area (Å²) in [5, 5.41) is 2.88. The SMILES string of the molecule is Cc1nc2cc(NC(=O)c3ccc4c(c3)C[C@@H](c3ccccc3)OC4=O)ccc2o1. The second kappa shape index (κ2) is 7.15. The predicted octanol–water partition coefficient (Wildman–Crippen LogP) is 4.84. The molecule has 6 nitrogen and oxygen atoms in total. The highest BCUT2D eigenvalue weighted by molar-refractivity contribution is 6.06. The van der Waals surface area contributed by atoms with Gasteiger partial charge >= 0.3 is 5.97 Å². The molecule has 0 radical (unpaired) electrons. The minimum atomic E-state index is -0.371. The van der Waals surface area contributed by atoms with Gasteiger partial charge in [0.2, 0.25) is 0 Å². The Morgan fingerprint density at radius 3 is 2.73 bits per heavy atom. The quantitative estimate of drug-likeness (QED) is 0.499. The van der Waals surface area contributed by atoms with E-state index in [0.717, 1.165) is 11.1 Å². The molecule has 2 heterocycles. The lowest BCUT2D eigenvalue weighted by molar-refractivity contribution is 0.0252. The second-order valence-electron chi connectivity index (χ2n) is 7.25. The first kappa shape index (κ1) is 18.1. The fourth-order valence-electron chi connectivity index (χ4n) is 3.71. The van der Waals surface area contributed by atoms with Gasteiger partial charge in [0.15, 0.2) is 11.5 Å². The van der Waals surface area contributed by atoms with Crippen LogP contribution in [0.3, 0.4) is 0 Å². The Morgan fingerprint density at radius 1 is 1.07 bits per heavy atom. The third-order valence-electron chi connectivity index (χ3n) is 5.17. The number of ether oxygens (including phenoxy) is 1. The number of amides is 1. The number of esters is 1. The van der Waals surface area contributed by atoms with Gasteiger partial charge in [0.1, 0.15) is 11.6 Å². The molecular formula is C24H18N2O4. The van der Waals surface area contributed by atoms with E-state index >= 15 is 0 Å². The molecule has 1 aromatic heterocycles. The molecule has 0 spiro atoms. The first-order chi connectivity index (χ1) is 14.6. The third-order valence-corrected chi connectivity index (χ3v) is 5.17. The standard InChI is InChI=1S/C24H18N2O4/c1-14-25-20-13-18(8-10-21(20)29-14)26-23(27)16-7-9-19-17(11-16)12-22(30-24(19)28)15-5-3-2-4-6-15/h2-11,13,22H,12H2,1H3,(H,26,27)/t22-/m0/s1. The number of aryl methyl sites for hydroxylation is 1. The van der Waals surface area contributed by atoms with Crippen molar-refractivity contribution in [2.75, 3.05) is 5.32 Å². The van der Waals surface area contributed by atoms with Crippen molar-refractivity contribution in [3.63, 3.8) is 0 Å². The molecule has 30 heavy (non-hydrogen) atoms. The summed E-state index contributed by atoms with van der Waals surface area (Å²) in [7, 11) is 0. The number of oxazole rings is 1. The number of benzene rings is 3. The number of anilines is 1. The average molecular weight is 398 g/mol. The molecule has 0 saturated carbocycles. The molecule has 1 amide bonds. The number of aromatic nitrogens is 1. The van der Waals surface area contributed by atoms with Gasteiger partial charge in [-0.05, 0) is 47.5 Å². The van der Waals surface area contributed by atoms with Gasteiger partial charge in [-0.25, -0.2) is 9.78 Å². The zero-order valence-corrected chi connectivity index (χ0v) is 16.2. The van der Waals surface area contributed by atoms with E-state index in [1.807, 2.05) is 30.3 Å². The molecule has 0 unspecified atom stereocenters. The first-order valence-corrected chi connectivity index (χ1v) is 9.64. The summed E-state index contributed by atoms with van der Waals surface area (Å²) in [5.41, 5.74) is 4.69. The molecule has 3 aromatic carbocycles. The van der Waals surface area contributed by atoms with E-state index in [2.05, 4.69) is 10.3 Å². The summed E-state index contributed by atoms with van der Waals surface area (Å²) in [5.74, 6) is -0.0560. The average Bonchev–Trinajstić information content (AvgIpc) is 3.13. The Morgan fingerprint density at radius 2 is 1.90 bits per heavy atom. The van der Waals surface area contributed by atoms with Crippen LogP contribution in [0.5, 0.6) is 0 Å². The van der Waals surface area contributed by atoms with Crippen LogP contribution >= 0.6 is 0 Å². The summed E-state index contributed by atoms with van der Waals surface area (Å²) in [6.45, 7) is 1.78. The Hall–Kier alpha value is -3.93. The molecule has 0 fully saturated rings. The lowest BCUT2D eigenvalue weighted by Gasteiger charge is -2.25. The zero-order chi connectivity index (χ0) is 20.7. The van der Waals surface area contributed by atoms with Crippen molar-refractivity contribution < 1.29 is 18.7 Å². The van der Waals surface area contributed by atoms with Gasteiger partial charge in [-0.1, -0.05) is 30.3 Å². The number of rotatable bonds is 3. The number of cyclic esters (lactones) is 1. The fraction of sp³-hybridized carbons (Fsp3) is 0.125. The number of carbonyl (C=O) groups excluding carboxylic acids is 2. The number of nitrogens with zero attached hydrogens (tertiary/aromatic N) is 1. The molecule has 5 rings (SSSR count). The van der Waals surface area contributed by atoms with Crippen LogP contribution in [0.2, 0.25) is 0 Å². The van der Waals surface area contributed by atoms with Gasteiger partial charge in [-0.3, -0.25) is 4.79 Å². The number of fused-ring (bicyclic) bond motifs is 2. The Kier molecular flexibility index (Phi) is 4.32. The zero-order valence-electron chi connectivity index (χ0n) is 16.2. The van der Waals surface area contributed by atoms with E-state index in [-0.39, 0.29) is 18.0 Å².